The van der Waals surface area contributed by atoms with E-state index in [0.717, 1.165) is 25.7 Å². The minimum atomic E-state index is -0.718. The number of ketones is 1. The molecule has 90 valence electrons. The van der Waals surface area contributed by atoms with E-state index in [1.54, 1.807) is 6.92 Å². The predicted molar refractivity (Wildman–Crippen MR) is 60.0 cm³/mol. The number of hydrogen-bond acceptors (Lipinski definition) is 2. The Morgan fingerprint density at radius 3 is 2.81 bits per heavy atom. The molecule has 2 aliphatic rings. The van der Waals surface area contributed by atoms with E-state index in [4.69, 9.17) is 5.11 Å². The van der Waals surface area contributed by atoms with Gasteiger partial charge in [0, 0.05) is 12.3 Å². The maximum Gasteiger partial charge on any atom is 0.306 e. The summed E-state index contributed by atoms with van der Waals surface area (Å²) in [4.78, 5) is 23.0. The van der Waals surface area contributed by atoms with Crippen molar-refractivity contribution in [3.63, 3.8) is 0 Å². The van der Waals surface area contributed by atoms with Gasteiger partial charge in [0.05, 0.1) is 5.92 Å². The summed E-state index contributed by atoms with van der Waals surface area (Å²) in [6, 6.07) is 0. The van der Waals surface area contributed by atoms with Gasteiger partial charge in [-0.15, -0.1) is 0 Å². The van der Waals surface area contributed by atoms with Gasteiger partial charge < -0.3 is 5.11 Å². The fourth-order valence-corrected chi connectivity index (χ4v) is 3.96. The molecule has 3 nitrogen and oxygen atoms in total. The Morgan fingerprint density at radius 1 is 1.50 bits per heavy atom. The summed E-state index contributed by atoms with van der Waals surface area (Å²) in [5.74, 6) is -0.355. The Hall–Kier alpha value is -0.860. The predicted octanol–water partition coefficient (Wildman–Crippen LogP) is 2.49. The summed E-state index contributed by atoms with van der Waals surface area (Å²) >= 11 is 0. The second-order valence-electron chi connectivity index (χ2n) is 5.69. The van der Waals surface area contributed by atoms with Crippen LogP contribution in [0.1, 0.15) is 46.0 Å². The van der Waals surface area contributed by atoms with Gasteiger partial charge in [-0.1, -0.05) is 13.8 Å². The molecule has 0 heterocycles. The lowest BCUT2D eigenvalue weighted by atomic mass is 9.62. The number of fused-ring (bicyclic) bond motifs is 1. The van der Waals surface area contributed by atoms with E-state index in [-0.39, 0.29) is 23.2 Å². The molecule has 16 heavy (non-hydrogen) atoms. The molecule has 2 aliphatic carbocycles. The van der Waals surface area contributed by atoms with Crippen LogP contribution >= 0.6 is 0 Å². The molecule has 2 rings (SSSR count). The van der Waals surface area contributed by atoms with E-state index < -0.39 is 5.97 Å². The first-order valence-corrected chi connectivity index (χ1v) is 6.22. The first-order chi connectivity index (χ1) is 7.47. The number of rotatable bonds is 2. The highest BCUT2D eigenvalue weighted by Crippen LogP contribution is 2.56. The van der Waals surface area contributed by atoms with Crippen molar-refractivity contribution >= 4 is 11.8 Å². The quantitative estimate of drug-likeness (QED) is 0.784. The highest BCUT2D eigenvalue weighted by atomic mass is 16.4. The third-order valence-corrected chi connectivity index (χ3v) is 4.93. The van der Waals surface area contributed by atoms with Gasteiger partial charge in [-0.25, -0.2) is 0 Å². The Bertz CT molecular complexity index is 323. The minimum absolute atomic E-state index is 0.0485. The molecule has 0 spiro atoms. The molecule has 0 aromatic carbocycles. The minimum Gasteiger partial charge on any atom is -0.481 e. The third-order valence-electron chi connectivity index (χ3n) is 4.93. The molecule has 4 atom stereocenters. The van der Waals surface area contributed by atoms with E-state index >= 15 is 0 Å². The summed E-state index contributed by atoms with van der Waals surface area (Å²) in [6.07, 6.45) is 4.47. The van der Waals surface area contributed by atoms with Crippen LogP contribution in [0.4, 0.5) is 0 Å². The van der Waals surface area contributed by atoms with E-state index in [1.807, 2.05) is 0 Å². The van der Waals surface area contributed by atoms with Gasteiger partial charge in [-0.3, -0.25) is 9.59 Å². The maximum atomic E-state index is 11.9. The average molecular weight is 224 g/mol. The second-order valence-corrected chi connectivity index (χ2v) is 5.69. The topological polar surface area (TPSA) is 54.4 Å². The van der Waals surface area contributed by atoms with Crippen LogP contribution in [0.25, 0.3) is 0 Å². The zero-order chi connectivity index (χ0) is 11.9. The largest absolute Gasteiger partial charge is 0.481 e. The smallest absolute Gasteiger partial charge is 0.306 e. The van der Waals surface area contributed by atoms with Crippen LogP contribution in [0, 0.1) is 23.2 Å². The number of carboxylic acid groups (broad SMARTS) is 1. The van der Waals surface area contributed by atoms with Crippen molar-refractivity contribution in [2.45, 2.75) is 46.0 Å². The Kier molecular flexibility index (Phi) is 2.81. The van der Waals surface area contributed by atoms with Crippen LogP contribution in [0.15, 0.2) is 0 Å². The fraction of sp³-hybridized carbons (Fsp3) is 0.846. The lowest BCUT2D eigenvalue weighted by Gasteiger charge is -2.41. The normalized spacial score (nSPS) is 40.5. The molecule has 2 fully saturated rings. The van der Waals surface area contributed by atoms with Crippen molar-refractivity contribution in [1.29, 1.82) is 0 Å². The third kappa shape index (κ3) is 1.57. The fourth-order valence-electron chi connectivity index (χ4n) is 3.96. The monoisotopic (exact) mass is 224 g/mol. The number of carboxylic acids is 1. The Balaban J connectivity index is 2.24. The van der Waals surface area contributed by atoms with Crippen LogP contribution in [-0.4, -0.2) is 16.9 Å². The zero-order valence-electron chi connectivity index (χ0n) is 10.0. The lowest BCUT2D eigenvalue weighted by Crippen LogP contribution is -2.40. The summed E-state index contributed by atoms with van der Waals surface area (Å²) in [6.45, 7) is 3.92. The van der Waals surface area contributed by atoms with Gasteiger partial charge in [0.15, 0.2) is 0 Å². The average Bonchev–Trinajstić information content (AvgIpc) is 2.55. The molecule has 0 aromatic heterocycles. The van der Waals surface area contributed by atoms with Crippen molar-refractivity contribution in [1.82, 2.24) is 0 Å². The van der Waals surface area contributed by atoms with Crippen LogP contribution in [0.5, 0.6) is 0 Å². The van der Waals surface area contributed by atoms with Crippen LogP contribution < -0.4 is 0 Å². The molecule has 1 N–H and O–H groups in total. The van der Waals surface area contributed by atoms with E-state index in [2.05, 4.69) is 6.92 Å². The standard InChI is InChI=1S/C13H20O3/c1-8(12(15)16)9-5-6-10-11(14)4-3-7-13(9,10)2/h8-10H,3-7H2,1-2H3,(H,15,16)/t8-,9+,10+,13+/m0/s1. The van der Waals surface area contributed by atoms with Gasteiger partial charge >= 0.3 is 5.97 Å². The number of Topliss-reactive ketones (excluding diaryl/α,β-unsaturated/α-hetero) is 1. The second kappa shape index (κ2) is 3.86. The molecule has 0 aromatic rings. The molecular formula is C13H20O3. The Morgan fingerprint density at radius 2 is 2.19 bits per heavy atom. The first-order valence-electron chi connectivity index (χ1n) is 6.22. The van der Waals surface area contributed by atoms with Gasteiger partial charge in [-0.2, -0.15) is 0 Å². The number of hydrogen-bond donors (Lipinski definition) is 1. The summed E-state index contributed by atoms with van der Waals surface area (Å²) in [5.41, 5.74) is -0.0485. The van der Waals surface area contributed by atoms with Crippen LogP contribution in [-0.2, 0) is 9.59 Å². The summed E-state index contributed by atoms with van der Waals surface area (Å²) in [7, 11) is 0. The number of aliphatic carboxylic acids is 1. The molecule has 0 aliphatic heterocycles. The molecule has 3 heteroatoms. The van der Waals surface area contributed by atoms with Gasteiger partial charge in [0.2, 0.25) is 0 Å². The first kappa shape index (κ1) is 11.6. The van der Waals surface area contributed by atoms with Crippen LogP contribution in [0.3, 0.4) is 0 Å². The van der Waals surface area contributed by atoms with E-state index in [0.29, 0.717) is 12.2 Å². The lowest BCUT2D eigenvalue weighted by molar-refractivity contribution is -0.146. The van der Waals surface area contributed by atoms with Gasteiger partial charge in [0.25, 0.3) is 0 Å². The van der Waals surface area contributed by atoms with Crippen molar-refractivity contribution in [2.24, 2.45) is 23.2 Å². The molecule has 0 bridgehead atoms. The Labute approximate surface area is 96.2 Å². The molecule has 0 radical (unpaired) electrons. The summed E-state index contributed by atoms with van der Waals surface area (Å²) < 4.78 is 0. The zero-order valence-corrected chi connectivity index (χ0v) is 10.0. The molecule has 0 unspecified atom stereocenters. The highest BCUT2D eigenvalue weighted by molar-refractivity contribution is 5.83. The number of carbonyl (C=O) groups excluding carboxylic acids is 1. The van der Waals surface area contributed by atoms with Gasteiger partial charge in [0.1, 0.15) is 5.78 Å². The molecule has 0 amide bonds. The van der Waals surface area contributed by atoms with Crippen molar-refractivity contribution < 1.29 is 14.7 Å². The summed E-state index contributed by atoms with van der Waals surface area (Å²) in [5, 5.41) is 9.13. The molecule has 2 saturated carbocycles. The van der Waals surface area contributed by atoms with E-state index in [9.17, 15) is 9.59 Å². The van der Waals surface area contributed by atoms with Crippen LogP contribution in [0.2, 0.25) is 0 Å². The van der Waals surface area contributed by atoms with Gasteiger partial charge in [-0.05, 0) is 37.0 Å². The molecule has 0 saturated heterocycles. The van der Waals surface area contributed by atoms with Crippen molar-refractivity contribution in [3.05, 3.63) is 0 Å². The van der Waals surface area contributed by atoms with Crippen molar-refractivity contribution in [3.8, 4) is 0 Å². The van der Waals surface area contributed by atoms with Crippen molar-refractivity contribution in [2.75, 3.05) is 0 Å². The molecular weight excluding hydrogens is 204 g/mol. The maximum absolute atomic E-state index is 11.9. The number of carbonyl (C=O) groups is 2. The van der Waals surface area contributed by atoms with E-state index in [1.165, 1.54) is 0 Å². The SMILES string of the molecule is C[C@H](C(=O)O)[C@H]1CC[C@@H]2C(=O)CCC[C@@]21C. The highest BCUT2D eigenvalue weighted by Gasteiger charge is 2.53.